The number of fused-ring (bicyclic) bond motifs is 1. The van der Waals surface area contributed by atoms with Crippen LogP contribution < -0.4 is 10.1 Å². The Bertz CT molecular complexity index is 845. The van der Waals surface area contributed by atoms with E-state index in [-0.39, 0.29) is 12.3 Å². The lowest BCUT2D eigenvalue weighted by Gasteiger charge is -2.04. The number of aromatic nitrogens is 5. The van der Waals surface area contributed by atoms with Gasteiger partial charge >= 0.3 is 0 Å². The van der Waals surface area contributed by atoms with Crippen LogP contribution in [0.5, 0.6) is 5.88 Å². The van der Waals surface area contributed by atoms with Gasteiger partial charge < -0.3 is 10.1 Å². The van der Waals surface area contributed by atoms with E-state index >= 15 is 0 Å². The molecule has 0 fully saturated rings. The number of pyridine rings is 1. The monoisotopic (exact) mass is 312 g/mol. The van der Waals surface area contributed by atoms with Crippen molar-refractivity contribution in [3.63, 3.8) is 0 Å². The van der Waals surface area contributed by atoms with Gasteiger partial charge in [0.05, 0.1) is 7.11 Å². The molecular formula is C15H16N6O2. The predicted octanol–water partition coefficient (Wildman–Crippen LogP) is 1.41. The summed E-state index contributed by atoms with van der Waals surface area (Å²) in [5.41, 5.74) is 1.65. The molecule has 0 aliphatic carbocycles. The highest BCUT2D eigenvalue weighted by Gasteiger charge is 2.11. The normalized spacial score (nSPS) is 10.7. The van der Waals surface area contributed by atoms with Crippen molar-refractivity contribution in [1.82, 2.24) is 24.8 Å². The van der Waals surface area contributed by atoms with E-state index < -0.39 is 0 Å². The first-order chi connectivity index (χ1) is 11.2. The fourth-order valence-corrected chi connectivity index (χ4v) is 2.12. The third kappa shape index (κ3) is 3.42. The molecule has 3 heterocycles. The molecule has 8 nitrogen and oxygen atoms in total. The molecule has 0 unspecified atom stereocenters. The molecule has 0 aliphatic heterocycles. The number of nitrogens with one attached hydrogen (secondary N) is 1. The minimum absolute atomic E-state index is 0.136. The maximum absolute atomic E-state index is 12.0. The highest BCUT2D eigenvalue weighted by atomic mass is 16.5. The topological polar surface area (TPSA) is 94.3 Å². The second-order valence-electron chi connectivity index (χ2n) is 5.03. The Morgan fingerprint density at radius 3 is 2.96 bits per heavy atom. The van der Waals surface area contributed by atoms with Crippen LogP contribution in [0.1, 0.15) is 17.8 Å². The zero-order chi connectivity index (χ0) is 16.2. The largest absolute Gasteiger partial charge is 0.480 e. The predicted molar refractivity (Wildman–Crippen MR) is 83.3 cm³/mol. The third-order valence-electron chi connectivity index (χ3n) is 3.27. The molecule has 3 rings (SSSR count). The number of carbonyl (C=O) groups excluding carboxylic acids is 1. The van der Waals surface area contributed by atoms with Gasteiger partial charge in [-0.05, 0) is 30.7 Å². The van der Waals surface area contributed by atoms with Gasteiger partial charge in [0.15, 0.2) is 11.5 Å². The molecule has 1 N–H and O–H groups in total. The van der Waals surface area contributed by atoms with E-state index in [1.165, 1.54) is 0 Å². The van der Waals surface area contributed by atoms with Gasteiger partial charge in [-0.2, -0.15) is 4.52 Å². The van der Waals surface area contributed by atoms with Crippen molar-refractivity contribution in [3.8, 4) is 5.88 Å². The lowest BCUT2D eigenvalue weighted by atomic mass is 10.2. The van der Waals surface area contributed by atoms with E-state index in [1.807, 2.05) is 19.1 Å². The summed E-state index contributed by atoms with van der Waals surface area (Å²) in [6.07, 6.45) is 2.33. The average molecular weight is 312 g/mol. The van der Waals surface area contributed by atoms with Gasteiger partial charge in [0.25, 0.3) is 0 Å². The van der Waals surface area contributed by atoms with Crippen molar-refractivity contribution in [2.75, 3.05) is 12.4 Å². The van der Waals surface area contributed by atoms with Gasteiger partial charge in [-0.15, -0.1) is 15.3 Å². The van der Waals surface area contributed by atoms with Crippen molar-refractivity contribution < 1.29 is 9.53 Å². The molecule has 3 aromatic rings. The van der Waals surface area contributed by atoms with Crippen LogP contribution in [0.15, 0.2) is 30.5 Å². The van der Waals surface area contributed by atoms with Crippen molar-refractivity contribution in [3.05, 3.63) is 41.9 Å². The summed E-state index contributed by atoms with van der Waals surface area (Å²) >= 11 is 0. The standard InChI is InChI=1S/C15H16N6O2/c1-10-7-8-16-11(9-10)17-14(22)5-3-12-18-19-13-4-6-15(23-2)20-21(12)13/h4,6-9H,3,5H2,1-2H3,(H,16,17,22). The number of hydrogen-bond donors (Lipinski definition) is 1. The summed E-state index contributed by atoms with van der Waals surface area (Å²) in [6, 6.07) is 7.16. The van der Waals surface area contributed by atoms with E-state index in [0.29, 0.717) is 29.6 Å². The molecule has 0 aromatic carbocycles. The Morgan fingerprint density at radius 1 is 1.30 bits per heavy atom. The van der Waals surface area contributed by atoms with Crippen molar-refractivity contribution >= 4 is 17.4 Å². The van der Waals surface area contributed by atoms with Crippen LogP contribution in [-0.2, 0) is 11.2 Å². The Kier molecular flexibility index (Phi) is 4.13. The van der Waals surface area contributed by atoms with Crippen molar-refractivity contribution in [1.29, 1.82) is 0 Å². The molecule has 3 aromatic heterocycles. The van der Waals surface area contributed by atoms with Crippen LogP contribution in [0.3, 0.4) is 0 Å². The van der Waals surface area contributed by atoms with Crippen LogP contribution in [0.4, 0.5) is 5.82 Å². The first kappa shape index (κ1) is 14.9. The molecule has 0 saturated heterocycles. The quantitative estimate of drug-likeness (QED) is 0.765. The Morgan fingerprint density at radius 2 is 2.17 bits per heavy atom. The minimum atomic E-state index is -0.136. The van der Waals surface area contributed by atoms with Gasteiger partial charge in [0, 0.05) is 25.1 Å². The summed E-state index contributed by atoms with van der Waals surface area (Å²) in [5.74, 6) is 1.47. The van der Waals surface area contributed by atoms with Crippen molar-refractivity contribution in [2.24, 2.45) is 0 Å². The SMILES string of the molecule is COc1ccc2nnc(CCC(=O)Nc3cc(C)ccn3)n2n1. The van der Waals surface area contributed by atoms with E-state index in [2.05, 4.69) is 25.6 Å². The third-order valence-corrected chi connectivity index (χ3v) is 3.27. The summed E-state index contributed by atoms with van der Waals surface area (Å²) < 4.78 is 6.67. The lowest BCUT2D eigenvalue weighted by molar-refractivity contribution is -0.116. The maximum Gasteiger partial charge on any atom is 0.231 e. The molecule has 23 heavy (non-hydrogen) atoms. The minimum Gasteiger partial charge on any atom is -0.480 e. The number of rotatable bonds is 5. The van der Waals surface area contributed by atoms with Crippen LogP contribution in [0.2, 0.25) is 0 Å². The van der Waals surface area contributed by atoms with E-state index in [1.54, 1.807) is 30.0 Å². The molecule has 0 aliphatic rings. The number of nitrogens with zero attached hydrogens (tertiary/aromatic N) is 5. The van der Waals surface area contributed by atoms with Gasteiger partial charge in [-0.3, -0.25) is 4.79 Å². The maximum atomic E-state index is 12.0. The molecular weight excluding hydrogens is 296 g/mol. The Hall–Kier alpha value is -3.03. The first-order valence-corrected chi connectivity index (χ1v) is 7.13. The Balaban J connectivity index is 1.67. The van der Waals surface area contributed by atoms with Crippen LogP contribution in [0, 0.1) is 6.92 Å². The summed E-state index contributed by atoms with van der Waals surface area (Å²) in [7, 11) is 1.54. The smallest absolute Gasteiger partial charge is 0.231 e. The first-order valence-electron chi connectivity index (χ1n) is 7.13. The average Bonchev–Trinajstić information content (AvgIpc) is 2.95. The number of ether oxygens (including phenoxy) is 1. The van der Waals surface area contributed by atoms with Crippen LogP contribution in [-0.4, -0.2) is 37.8 Å². The zero-order valence-electron chi connectivity index (χ0n) is 12.9. The van der Waals surface area contributed by atoms with E-state index in [9.17, 15) is 4.79 Å². The number of methoxy groups -OCH3 is 1. The zero-order valence-corrected chi connectivity index (χ0v) is 12.9. The fourth-order valence-electron chi connectivity index (χ4n) is 2.12. The number of aryl methyl sites for hydroxylation is 2. The van der Waals surface area contributed by atoms with Gasteiger partial charge in [0.2, 0.25) is 11.8 Å². The van der Waals surface area contributed by atoms with Gasteiger partial charge in [-0.25, -0.2) is 4.98 Å². The molecule has 0 spiro atoms. The second kappa shape index (κ2) is 6.39. The molecule has 1 amide bonds. The van der Waals surface area contributed by atoms with E-state index in [0.717, 1.165) is 5.56 Å². The number of carbonyl (C=O) groups is 1. The second-order valence-corrected chi connectivity index (χ2v) is 5.03. The highest BCUT2D eigenvalue weighted by Crippen LogP contribution is 2.10. The van der Waals surface area contributed by atoms with Crippen molar-refractivity contribution in [2.45, 2.75) is 19.8 Å². The number of hydrogen-bond acceptors (Lipinski definition) is 6. The summed E-state index contributed by atoms with van der Waals surface area (Å²) in [5, 5.41) is 15.1. The molecule has 8 heteroatoms. The number of amides is 1. The lowest BCUT2D eigenvalue weighted by Crippen LogP contribution is -2.14. The molecule has 0 bridgehead atoms. The van der Waals surface area contributed by atoms with Gasteiger partial charge in [0.1, 0.15) is 5.82 Å². The van der Waals surface area contributed by atoms with Crippen LogP contribution in [0.25, 0.3) is 5.65 Å². The molecule has 0 radical (unpaired) electrons. The number of anilines is 1. The molecule has 0 atom stereocenters. The molecule has 118 valence electrons. The Labute approximate surface area is 132 Å². The van der Waals surface area contributed by atoms with E-state index in [4.69, 9.17) is 4.74 Å². The molecule has 0 saturated carbocycles. The van der Waals surface area contributed by atoms with Crippen LogP contribution >= 0.6 is 0 Å². The van der Waals surface area contributed by atoms with Gasteiger partial charge in [-0.1, -0.05) is 0 Å². The summed E-state index contributed by atoms with van der Waals surface area (Å²) in [4.78, 5) is 16.1. The fraction of sp³-hybridized carbons (Fsp3) is 0.267. The summed E-state index contributed by atoms with van der Waals surface area (Å²) in [6.45, 7) is 1.94. The highest BCUT2D eigenvalue weighted by molar-refractivity contribution is 5.89.